The molecule has 8 nitrogen and oxygen atoms in total. The normalized spacial score (nSPS) is 12.8. The van der Waals surface area contributed by atoms with Gasteiger partial charge in [0.15, 0.2) is 11.5 Å². The fourth-order valence-electron chi connectivity index (χ4n) is 3.37. The predicted octanol–water partition coefficient (Wildman–Crippen LogP) is 3.63. The highest BCUT2D eigenvalue weighted by Crippen LogP contribution is 2.28. The number of methoxy groups -OCH3 is 1. The molecule has 2 aromatic rings. The Morgan fingerprint density at radius 3 is 2.55 bits per heavy atom. The van der Waals surface area contributed by atoms with Crippen molar-refractivity contribution in [2.45, 2.75) is 39.3 Å². The Morgan fingerprint density at radius 1 is 1.06 bits per heavy atom. The smallest absolute Gasteiger partial charge is 0.319 e. The summed E-state index contributed by atoms with van der Waals surface area (Å²) in [6.07, 6.45) is 2.04. The summed E-state index contributed by atoms with van der Waals surface area (Å²) in [5.41, 5.74) is 1.95. The fraction of sp³-hybridized carbons (Fsp3) is 0.440. The molecule has 0 aliphatic heterocycles. The molecule has 0 unspecified atom stereocenters. The van der Waals surface area contributed by atoms with Gasteiger partial charge in [-0.05, 0) is 61.8 Å². The maximum atomic E-state index is 12.6. The third-order valence-corrected chi connectivity index (χ3v) is 5.54. The highest BCUT2D eigenvalue weighted by molar-refractivity contribution is 5.96. The summed E-state index contributed by atoms with van der Waals surface area (Å²) >= 11 is 0. The average molecular weight is 455 g/mol. The van der Waals surface area contributed by atoms with Crippen LogP contribution in [0.3, 0.4) is 0 Å². The molecule has 1 aliphatic carbocycles. The first kappa shape index (κ1) is 24.4. The molecule has 0 radical (unpaired) electrons. The molecule has 0 saturated heterocycles. The van der Waals surface area contributed by atoms with E-state index in [0.717, 1.165) is 38.0 Å². The van der Waals surface area contributed by atoms with Crippen LogP contribution in [0.5, 0.6) is 11.5 Å². The number of amides is 3. The minimum Gasteiger partial charge on any atom is -0.493 e. The van der Waals surface area contributed by atoms with E-state index in [-0.39, 0.29) is 18.0 Å². The first-order valence-corrected chi connectivity index (χ1v) is 11.5. The number of nitrogens with zero attached hydrogens (tertiary/aromatic N) is 1. The average Bonchev–Trinajstić information content (AvgIpc) is 3.64. The third kappa shape index (κ3) is 7.68. The Kier molecular flexibility index (Phi) is 8.95. The van der Waals surface area contributed by atoms with Gasteiger partial charge in [-0.15, -0.1) is 0 Å². The molecule has 3 N–H and O–H groups in total. The number of nitrogens with one attached hydrogen (secondary N) is 3. The quantitative estimate of drug-likeness (QED) is 0.456. The van der Waals surface area contributed by atoms with Crippen molar-refractivity contribution in [3.05, 3.63) is 53.6 Å². The van der Waals surface area contributed by atoms with Crippen LogP contribution in [0.1, 0.15) is 42.6 Å². The monoisotopic (exact) mass is 454 g/mol. The summed E-state index contributed by atoms with van der Waals surface area (Å²) < 4.78 is 11.4. The number of anilines is 1. The van der Waals surface area contributed by atoms with Crippen LogP contribution in [-0.4, -0.2) is 56.2 Å². The van der Waals surface area contributed by atoms with E-state index in [0.29, 0.717) is 35.9 Å². The standard InChI is InChI=1S/C25H34N4O4/c1-4-29(5-2)13-14-33-22-12-9-18(15-23(22)32-3)17-26-24(30)19-7-6-8-21(16-19)28-25(31)27-20-10-11-20/h6-9,12,15-16,20H,4-5,10-11,13-14,17H2,1-3H3,(H,26,30)(H2,27,28,31). The van der Waals surface area contributed by atoms with Crippen LogP contribution in [0.2, 0.25) is 0 Å². The topological polar surface area (TPSA) is 91.9 Å². The van der Waals surface area contributed by atoms with Crippen LogP contribution in [0.4, 0.5) is 10.5 Å². The molecule has 33 heavy (non-hydrogen) atoms. The summed E-state index contributed by atoms with van der Waals surface area (Å²) in [5.74, 6) is 1.09. The zero-order valence-electron chi connectivity index (χ0n) is 19.6. The Hall–Kier alpha value is -3.26. The van der Waals surface area contributed by atoms with Gasteiger partial charge in [-0.3, -0.25) is 4.79 Å². The van der Waals surface area contributed by atoms with E-state index in [1.165, 1.54) is 0 Å². The second kappa shape index (κ2) is 12.1. The van der Waals surface area contributed by atoms with Gasteiger partial charge in [-0.2, -0.15) is 0 Å². The van der Waals surface area contributed by atoms with Gasteiger partial charge >= 0.3 is 6.03 Å². The van der Waals surface area contributed by atoms with Crippen molar-refractivity contribution >= 4 is 17.6 Å². The fourth-order valence-corrected chi connectivity index (χ4v) is 3.37. The van der Waals surface area contributed by atoms with Crippen LogP contribution in [0, 0.1) is 0 Å². The van der Waals surface area contributed by atoms with Crippen molar-refractivity contribution in [1.29, 1.82) is 0 Å². The van der Waals surface area contributed by atoms with E-state index < -0.39 is 0 Å². The zero-order valence-corrected chi connectivity index (χ0v) is 19.6. The molecular formula is C25H34N4O4. The van der Waals surface area contributed by atoms with Gasteiger partial charge in [0, 0.05) is 30.4 Å². The maximum absolute atomic E-state index is 12.6. The molecule has 0 spiro atoms. The molecule has 0 heterocycles. The third-order valence-electron chi connectivity index (χ3n) is 5.54. The van der Waals surface area contributed by atoms with Gasteiger partial charge in [-0.25, -0.2) is 4.79 Å². The van der Waals surface area contributed by atoms with Crippen LogP contribution >= 0.6 is 0 Å². The zero-order chi connectivity index (χ0) is 23.6. The molecule has 0 bridgehead atoms. The second-order valence-corrected chi connectivity index (χ2v) is 8.00. The van der Waals surface area contributed by atoms with E-state index in [9.17, 15) is 9.59 Å². The first-order chi connectivity index (χ1) is 16.0. The maximum Gasteiger partial charge on any atom is 0.319 e. The Balaban J connectivity index is 1.52. The lowest BCUT2D eigenvalue weighted by molar-refractivity contribution is 0.0951. The Morgan fingerprint density at radius 2 is 1.85 bits per heavy atom. The van der Waals surface area contributed by atoms with Crippen LogP contribution < -0.4 is 25.4 Å². The number of carbonyl (C=O) groups excluding carboxylic acids is 2. The molecule has 1 saturated carbocycles. The SMILES string of the molecule is CCN(CC)CCOc1ccc(CNC(=O)c2cccc(NC(=O)NC3CC3)c2)cc1OC. The molecule has 3 amide bonds. The number of carbonyl (C=O) groups is 2. The molecule has 2 aromatic carbocycles. The lowest BCUT2D eigenvalue weighted by Gasteiger charge is -2.19. The highest BCUT2D eigenvalue weighted by atomic mass is 16.5. The molecular weight excluding hydrogens is 420 g/mol. The Labute approximate surface area is 195 Å². The molecule has 3 rings (SSSR count). The largest absolute Gasteiger partial charge is 0.493 e. The molecule has 1 fully saturated rings. The summed E-state index contributed by atoms with van der Waals surface area (Å²) in [4.78, 5) is 26.8. The van der Waals surface area contributed by atoms with E-state index in [2.05, 4.69) is 34.7 Å². The van der Waals surface area contributed by atoms with Gasteiger partial charge < -0.3 is 30.3 Å². The van der Waals surface area contributed by atoms with Gasteiger partial charge in [0.25, 0.3) is 5.91 Å². The van der Waals surface area contributed by atoms with Crippen LogP contribution in [-0.2, 0) is 6.54 Å². The van der Waals surface area contributed by atoms with E-state index in [1.807, 2.05) is 18.2 Å². The van der Waals surface area contributed by atoms with Crippen molar-refractivity contribution in [2.24, 2.45) is 0 Å². The van der Waals surface area contributed by atoms with E-state index in [4.69, 9.17) is 9.47 Å². The summed E-state index contributed by atoms with van der Waals surface area (Å²) in [6, 6.07) is 12.5. The predicted molar refractivity (Wildman–Crippen MR) is 129 cm³/mol. The number of ether oxygens (including phenoxy) is 2. The minimum atomic E-state index is -0.249. The van der Waals surface area contributed by atoms with Gasteiger partial charge in [0.2, 0.25) is 0 Å². The van der Waals surface area contributed by atoms with E-state index >= 15 is 0 Å². The summed E-state index contributed by atoms with van der Waals surface area (Å²) in [7, 11) is 1.60. The second-order valence-electron chi connectivity index (χ2n) is 8.00. The summed E-state index contributed by atoms with van der Waals surface area (Å²) in [6.45, 7) is 8.01. The lowest BCUT2D eigenvalue weighted by atomic mass is 10.1. The first-order valence-electron chi connectivity index (χ1n) is 11.5. The number of hydrogen-bond acceptors (Lipinski definition) is 5. The molecule has 8 heteroatoms. The highest BCUT2D eigenvalue weighted by Gasteiger charge is 2.23. The van der Waals surface area contributed by atoms with Gasteiger partial charge in [-0.1, -0.05) is 26.0 Å². The molecule has 1 aliphatic rings. The number of urea groups is 1. The van der Waals surface area contributed by atoms with Crippen molar-refractivity contribution < 1.29 is 19.1 Å². The number of likely N-dealkylation sites (N-methyl/N-ethyl adjacent to an activating group) is 1. The van der Waals surface area contributed by atoms with Gasteiger partial charge in [0.05, 0.1) is 7.11 Å². The molecule has 0 atom stereocenters. The van der Waals surface area contributed by atoms with Crippen LogP contribution in [0.25, 0.3) is 0 Å². The minimum absolute atomic E-state index is 0.222. The van der Waals surface area contributed by atoms with Gasteiger partial charge in [0.1, 0.15) is 6.61 Å². The van der Waals surface area contributed by atoms with Crippen molar-refractivity contribution in [2.75, 3.05) is 38.7 Å². The van der Waals surface area contributed by atoms with Crippen LogP contribution in [0.15, 0.2) is 42.5 Å². The lowest BCUT2D eigenvalue weighted by Crippen LogP contribution is -2.30. The van der Waals surface area contributed by atoms with Crippen molar-refractivity contribution in [3.63, 3.8) is 0 Å². The van der Waals surface area contributed by atoms with Crippen molar-refractivity contribution in [3.8, 4) is 11.5 Å². The number of hydrogen-bond donors (Lipinski definition) is 3. The number of rotatable bonds is 12. The molecule has 0 aromatic heterocycles. The summed E-state index contributed by atoms with van der Waals surface area (Å²) in [5, 5.41) is 8.54. The number of benzene rings is 2. The van der Waals surface area contributed by atoms with Crippen molar-refractivity contribution in [1.82, 2.24) is 15.5 Å². The molecule has 178 valence electrons. The van der Waals surface area contributed by atoms with E-state index in [1.54, 1.807) is 31.4 Å². The Bertz CT molecular complexity index is 942.